The number of carbonyl (C=O) groups excluding carboxylic acids is 1. The van der Waals surface area contributed by atoms with Gasteiger partial charge in [-0.15, -0.1) is 0 Å². The molecule has 35 heavy (non-hydrogen) atoms. The van der Waals surface area contributed by atoms with Crippen LogP contribution in [-0.4, -0.2) is 42.0 Å². The summed E-state index contributed by atoms with van der Waals surface area (Å²) in [5.74, 6) is 0.345. The summed E-state index contributed by atoms with van der Waals surface area (Å²) in [7, 11) is 0. The molecule has 11 heteroatoms. The van der Waals surface area contributed by atoms with E-state index >= 15 is 0 Å². The van der Waals surface area contributed by atoms with Gasteiger partial charge in [0.25, 0.3) is 5.56 Å². The van der Waals surface area contributed by atoms with Crippen molar-refractivity contribution >= 4 is 34.1 Å². The lowest BCUT2D eigenvalue weighted by atomic mass is 10.1. The minimum atomic E-state index is -0.580. The zero-order valence-electron chi connectivity index (χ0n) is 19.0. The molecule has 0 saturated heterocycles. The molecule has 0 aliphatic carbocycles. The Balaban J connectivity index is 1.83. The highest BCUT2D eigenvalue weighted by Gasteiger charge is 2.15. The number of nitrogens with zero attached hydrogens (tertiary/aromatic N) is 3. The van der Waals surface area contributed by atoms with Crippen molar-refractivity contribution < 1.29 is 19.0 Å². The van der Waals surface area contributed by atoms with Crippen molar-refractivity contribution in [3.63, 3.8) is 0 Å². The molecule has 10 nitrogen and oxygen atoms in total. The van der Waals surface area contributed by atoms with Gasteiger partial charge in [-0.2, -0.15) is 10.4 Å². The second-order valence-corrected chi connectivity index (χ2v) is 7.70. The van der Waals surface area contributed by atoms with Gasteiger partial charge in [0.15, 0.2) is 18.1 Å². The van der Waals surface area contributed by atoms with Crippen LogP contribution in [0.25, 0.3) is 11.3 Å². The van der Waals surface area contributed by atoms with E-state index in [-0.39, 0.29) is 30.4 Å². The van der Waals surface area contributed by atoms with E-state index in [9.17, 15) is 14.9 Å². The Morgan fingerprint density at radius 2 is 2.00 bits per heavy atom. The van der Waals surface area contributed by atoms with Crippen LogP contribution < -0.4 is 20.5 Å². The monoisotopic (exact) mass is 539 g/mol. The smallest absolute Gasteiger partial charge is 0.344 e. The Morgan fingerprint density at radius 3 is 2.69 bits per heavy atom. The van der Waals surface area contributed by atoms with Crippen LogP contribution in [0.4, 0.5) is 5.95 Å². The van der Waals surface area contributed by atoms with Crippen LogP contribution in [0, 0.1) is 11.3 Å². The number of aromatic amines is 1. The lowest BCUT2D eigenvalue weighted by molar-refractivity contribution is -0.145. The number of benzene rings is 2. The first-order chi connectivity index (χ1) is 17.0. The summed E-state index contributed by atoms with van der Waals surface area (Å²) in [6.45, 7) is 3.91. The van der Waals surface area contributed by atoms with Gasteiger partial charge in [-0.25, -0.2) is 15.2 Å². The van der Waals surface area contributed by atoms with Crippen LogP contribution in [-0.2, 0) is 9.53 Å². The Hall–Kier alpha value is -4.17. The molecule has 0 radical (unpaired) electrons. The fraction of sp³-hybridized carbons (Fsp3) is 0.208. The van der Waals surface area contributed by atoms with E-state index in [2.05, 4.69) is 36.4 Å². The molecule has 180 valence electrons. The molecule has 0 unspecified atom stereocenters. The van der Waals surface area contributed by atoms with Crippen LogP contribution in [0.3, 0.4) is 0 Å². The number of halogens is 1. The average Bonchev–Trinajstić information content (AvgIpc) is 2.84. The maximum absolute atomic E-state index is 12.4. The number of carbonyl (C=O) groups is 1. The molecule has 0 amide bonds. The van der Waals surface area contributed by atoms with Gasteiger partial charge in [-0.05, 0) is 47.5 Å². The van der Waals surface area contributed by atoms with E-state index in [1.54, 1.807) is 43.3 Å². The first kappa shape index (κ1) is 25.5. The second-order valence-electron chi connectivity index (χ2n) is 6.84. The first-order valence-corrected chi connectivity index (χ1v) is 11.4. The van der Waals surface area contributed by atoms with Crippen molar-refractivity contribution in [3.05, 3.63) is 68.4 Å². The average molecular weight is 540 g/mol. The van der Waals surface area contributed by atoms with Gasteiger partial charge >= 0.3 is 5.97 Å². The maximum atomic E-state index is 12.4. The van der Waals surface area contributed by atoms with Crippen molar-refractivity contribution in [1.29, 1.82) is 5.26 Å². The van der Waals surface area contributed by atoms with Crippen LogP contribution in [0.15, 0.2) is 56.8 Å². The number of aromatic nitrogens is 2. The van der Waals surface area contributed by atoms with Crippen LogP contribution >= 0.6 is 15.9 Å². The van der Waals surface area contributed by atoms with E-state index in [1.807, 2.05) is 19.1 Å². The summed E-state index contributed by atoms with van der Waals surface area (Å²) >= 11 is 3.43. The molecule has 3 aromatic rings. The summed E-state index contributed by atoms with van der Waals surface area (Å²) < 4.78 is 16.6. The van der Waals surface area contributed by atoms with Gasteiger partial charge < -0.3 is 14.2 Å². The molecule has 0 fully saturated rings. The van der Waals surface area contributed by atoms with Crippen molar-refractivity contribution in [3.8, 4) is 28.8 Å². The van der Waals surface area contributed by atoms with Crippen LogP contribution in [0.2, 0.25) is 0 Å². The third-order valence-electron chi connectivity index (χ3n) is 4.43. The summed E-state index contributed by atoms with van der Waals surface area (Å²) in [6, 6.07) is 14.2. The number of hydrogen-bond donors (Lipinski definition) is 2. The number of hydrogen-bond acceptors (Lipinski definition) is 9. The number of hydrazone groups is 1. The predicted octanol–water partition coefficient (Wildman–Crippen LogP) is 3.86. The Labute approximate surface area is 209 Å². The molecular formula is C24H22BrN5O5. The maximum Gasteiger partial charge on any atom is 0.344 e. The normalized spacial score (nSPS) is 10.6. The van der Waals surface area contributed by atoms with Gasteiger partial charge in [0.2, 0.25) is 5.95 Å². The zero-order valence-corrected chi connectivity index (χ0v) is 20.6. The van der Waals surface area contributed by atoms with E-state index in [0.29, 0.717) is 33.7 Å². The van der Waals surface area contributed by atoms with Crippen molar-refractivity contribution in [2.45, 2.75) is 13.8 Å². The molecule has 0 aliphatic heterocycles. The molecule has 1 heterocycles. The third kappa shape index (κ3) is 6.68. The first-order valence-electron chi connectivity index (χ1n) is 10.6. The molecule has 0 saturated carbocycles. The number of anilines is 1. The number of H-pyrrole nitrogens is 1. The highest BCUT2D eigenvalue weighted by molar-refractivity contribution is 9.10. The summed E-state index contributed by atoms with van der Waals surface area (Å²) in [5.41, 5.74) is 3.53. The number of esters is 1. The molecule has 0 bridgehead atoms. The fourth-order valence-corrected chi connectivity index (χ4v) is 3.58. The minimum absolute atomic E-state index is 0.0718. The molecule has 2 aromatic carbocycles. The van der Waals surface area contributed by atoms with E-state index in [4.69, 9.17) is 14.2 Å². The van der Waals surface area contributed by atoms with Gasteiger partial charge in [0, 0.05) is 5.56 Å². The lowest BCUT2D eigenvalue weighted by Crippen LogP contribution is -2.16. The molecule has 1 aromatic heterocycles. The quantitative estimate of drug-likeness (QED) is 0.225. The predicted molar refractivity (Wildman–Crippen MR) is 134 cm³/mol. The largest absolute Gasteiger partial charge is 0.490 e. The number of nitrogens with one attached hydrogen (secondary N) is 2. The van der Waals surface area contributed by atoms with E-state index in [0.717, 1.165) is 0 Å². The summed E-state index contributed by atoms with van der Waals surface area (Å²) in [5, 5.41) is 13.5. The highest BCUT2D eigenvalue weighted by atomic mass is 79.9. The topological polar surface area (TPSA) is 139 Å². The number of rotatable bonds is 10. The Kier molecular flexibility index (Phi) is 8.97. The third-order valence-corrected chi connectivity index (χ3v) is 5.02. The van der Waals surface area contributed by atoms with Gasteiger partial charge in [-0.1, -0.05) is 30.3 Å². The van der Waals surface area contributed by atoms with E-state index < -0.39 is 11.5 Å². The molecule has 0 aliphatic rings. The SMILES string of the molecule is CCOC(=O)COc1c(Br)cc(C=NNc2nc(-c3ccccc3)c(C#N)c(=O)[nH]2)cc1OCC. The molecule has 3 rings (SSSR count). The van der Waals surface area contributed by atoms with Crippen molar-refractivity contribution in [2.75, 3.05) is 25.2 Å². The fourth-order valence-electron chi connectivity index (χ4n) is 3.00. The van der Waals surface area contributed by atoms with Crippen LogP contribution in [0.1, 0.15) is 25.0 Å². The highest BCUT2D eigenvalue weighted by Crippen LogP contribution is 2.36. The second kappa shape index (κ2) is 12.3. The summed E-state index contributed by atoms with van der Waals surface area (Å²) in [6.07, 6.45) is 1.49. The Bertz CT molecular complexity index is 1320. The number of nitriles is 1. The minimum Gasteiger partial charge on any atom is -0.490 e. The van der Waals surface area contributed by atoms with Gasteiger partial charge in [0.05, 0.1) is 29.6 Å². The van der Waals surface area contributed by atoms with E-state index in [1.165, 1.54) is 6.21 Å². The molecule has 0 spiro atoms. The van der Waals surface area contributed by atoms with Crippen LogP contribution in [0.5, 0.6) is 11.5 Å². The summed E-state index contributed by atoms with van der Waals surface area (Å²) in [4.78, 5) is 30.8. The standard InChI is InChI=1S/C24H22BrN5O5/c1-3-33-19-11-15(10-18(25)22(19)35-14-20(31)34-4-2)13-27-30-24-28-21(16-8-6-5-7-9-16)17(12-26)23(32)29-24/h5-11,13H,3-4,14H2,1-2H3,(H2,28,29,30,32). The molecule has 2 N–H and O–H groups in total. The Morgan fingerprint density at radius 1 is 1.23 bits per heavy atom. The zero-order chi connectivity index (χ0) is 25.2. The van der Waals surface area contributed by atoms with Gasteiger partial charge in [0.1, 0.15) is 11.6 Å². The van der Waals surface area contributed by atoms with Gasteiger partial charge in [-0.3, -0.25) is 9.78 Å². The molecular weight excluding hydrogens is 518 g/mol. The van der Waals surface area contributed by atoms with Crippen molar-refractivity contribution in [2.24, 2.45) is 5.10 Å². The molecule has 0 atom stereocenters. The number of ether oxygens (including phenoxy) is 3. The van der Waals surface area contributed by atoms with Crippen molar-refractivity contribution in [1.82, 2.24) is 9.97 Å². The lowest BCUT2D eigenvalue weighted by Gasteiger charge is -2.14.